The first-order valence-electron chi connectivity index (χ1n) is 10.2. The molecule has 1 saturated heterocycles. The second-order valence-corrected chi connectivity index (χ2v) is 8.93. The summed E-state index contributed by atoms with van der Waals surface area (Å²) in [5, 5.41) is 7.18. The number of ether oxygens (including phenoxy) is 1. The first kappa shape index (κ1) is 18.9. The third kappa shape index (κ3) is 3.72. The number of halogens is 1. The molecule has 29 heavy (non-hydrogen) atoms. The molecule has 1 fully saturated rings. The number of fused-ring (bicyclic) bond motifs is 1. The number of nitrogens with zero attached hydrogens (tertiary/aromatic N) is 2. The maximum absolute atomic E-state index is 6.76. The zero-order valence-corrected chi connectivity index (χ0v) is 17.8. The third-order valence-electron chi connectivity index (χ3n) is 6.08. The molecule has 0 radical (unpaired) electrons. The first-order chi connectivity index (χ1) is 14.2. The average Bonchev–Trinajstić information content (AvgIpc) is 3.38. The Morgan fingerprint density at radius 1 is 1.17 bits per heavy atom. The van der Waals surface area contributed by atoms with Crippen molar-refractivity contribution in [2.24, 2.45) is 5.73 Å². The van der Waals surface area contributed by atoms with Crippen molar-refractivity contribution in [1.29, 1.82) is 0 Å². The van der Waals surface area contributed by atoms with Gasteiger partial charge in [0.15, 0.2) is 0 Å². The van der Waals surface area contributed by atoms with E-state index < -0.39 is 0 Å². The Morgan fingerprint density at radius 2 is 2.07 bits per heavy atom. The number of benzene rings is 2. The highest BCUT2D eigenvalue weighted by Crippen LogP contribution is 2.41. The van der Waals surface area contributed by atoms with Gasteiger partial charge in [0.2, 0.25) is 0 Å². The third-order valence-corrected chi connectivity index (χ3v) is 6.58. The minimum absolute atomic E-state index is 0.0145. The predicted molar refractivity (Wildman–Crippen MR) is 118 cm³/mol. The standard InChI is InChI=1S/C23H25BrN4O/c24-16-7-8-22(19(13-16)20-9-10-26-27-20)29-23-18-6-2-1-4-15(18)12-21(23)28-11-3-5-17(25)14-28/h1-2,4,6-10,13,17,21,23H,3,5,11-12,14,25H2,(H,26,27)/t17-,21-,23?/m1/s1. The maximum Gasteiger partial charge on any atom is 0.140 e. The molecule has 1 aliphatic heterocycles. The molecule has 2 aromatic carbocycles. The van der Waals surface area contributed by atoms with Gasteiger partial charge in [-0.25, -0.2) is 0 Å². The van der Waals surface area contributed by atoms with Crippen LogP contribution in [0.15, 0.2) is 59.2 Å². The van der Waals surface area contributed by atoms with Crippen molar-refractivity contribution in [2.45, 2.75) is 37.5 Å². The molecular formula is C23H25BrN4O. The van der Waals surface area contributed by atoms with Gasteiger partial charge >= 0.3 is 0 Å². The highest BCUT2D eigenvalue weighted by atomic mass is 79.9. The maximum atomic E-state index is 6.76. The van der Waals surface area contributed by atoms with Crippen molar-refractivity contribution in [3.05, 3.63) is 70.3 Å². The molecule has 1 aromatic heterocycles. The number of piperidine rings is 1. The number of likely N-dealkylation sites (tertiary alicyclic amines) is 1. The van der Waals surface area contributed by atoms with Crippen LogP contribution in [0, 0.1) is 0 Å². The van der Waals surface area contributed by atoms with E-state index >= 15 is 0 Å². The SMILES string of the molecule is N[C@@H]1CCCN([C@@H]2Cc3ccccc3C2Oc2ccc(Br)cc2-c2ccn[nH]2)C1. The summed E-state index contributed by atoms with van der Waals surface area (Å²) in [5.74, 6) is 0.866. The van der Waals surface area contributed by atoms with Crippen molar-refractivity contribution in [3.63, 3.8) is 0 Å². The molecule has 1 aliphatic carbocycles. The Kier molecular flexibility index (Phi) is 5.16. The fraction of sp³-hybridized carbons (Fsp3) is 0.348. The molecule has 0 bridgehead atoms. The Morgan fingerprint density at radius 3 is 2.90 bits per heavy atom. The van der Waals surface area contributed by atoms with Gasteiger partial charge in [-0.2, -0.15) is 5.10 Å². The van der Waals surface area contributed by atoms with Gasteiger partial charge in [0.1, 0.15) is 11.9 Å². The van der Waals surface area contributed by atoms with E-state index in [1.165, 1.54) is 11.1 Å². The molecule has 0 saturated carbocycles. The molecule has 6 heteroatoms. The van der Waals surface area contributed by atoms with E-state index in [-0.39, 0.29) is 12.1 Å². The van der Waals surface area contributed by atoms with Crippen LogP contribution in [0.2, 0.25) is 0 Å². The van der Waals surface area contributed by atoms with Gasteiger partial charge in [0.25, 0.3) is 0 Å². The zero-order chi connectivity index (χ0) is 19.8. The Balaban J connectivity index is 1.51. The van der Waals surface area contributed by atoms with Crippen molar-refractivity contribution in [1.82, 2.24) is 15.1 Å². The van der Waals surface area contributed by atoms with Crippen LogP contribution in [-0.2, 0) is 6.42 Å². The summed E-state index contributed by atoms with van der Waals surface area (Å²) in [4.78, 5) is 2.54. The highest BCUT2D eigenvalue weighted by Gasteiger charge is 2.39. The Bertz CT molecular complexity index is 990. The van der Waals surface area contributed by atoms with E-state index in [0.29, 0.717) is 6.04 Å². The number of rotatable bonds is 4. The van der Waals surface area contributed by atoms with Gasteiger partial charge in [-0.05, 0) is 61.2 Å². The Labute approximate surface area is 179 Å². The lowest BCUT2D eigenvalue weighted by Crippen LogP contribution is -2.49. The van der Waals surface area contributed by atoms with E-state index in [1.54, 1.807) is 6.20 Å². The van der Waals surface area contributed by atoms with E-state index in [9.17, 15) is 0 Å². The van der Waals surface area contributed by atoms with E-state index in [0.717, 1.165) is 53.8 Å². The van der Waals surface area contributed by atoms with E-state index in [4.69, 9.17) is 10.5 Å². The summed E-state index contributed by atoms with van der Waals surface area (Å²) in [6.07, 6.45) is 5.02. The number of hydrogen-bond donors (Lipinski definition) is 2. The van der Waals surface area contributed by atoms with Crippen LogP contribution in [0.1, 0.15) is 30.1 Å². The smallest absolute Gasteiger partial charge is 0.140 e. The van der Waals surface area contributed by atoms with Gasteiger partial charge in [0.05, 0.1) is 11.7 Å². The van der Waals surface area contributed by atoms with Crippen LogP contribution >= 0.6 is 15.9 Å². The summed E-state index contributed by atoms with van der Waals surface area (Å²) >= 11 is 3.59. The van der Waals surface area contributed by atoms with Crippen LogP contribution in [0.3, 0.4) is 0 Å². The molecule has 0 spiro atoms. The molecule has 5 nitrogen and oxygen atoms in total. The van der Waals surface area contributed by atoms with Crippen molar-refractivity contribution in [2.75, 3.05) is 13.1 Å². The van der Waals surface area contributed by atoms with E-state index in [2.05, 4.69) is 61.4 Å². The fourth-order valence-corrected chi connectivity index (χ4v) is 5.06. The largest absolute Gasteiger partial charge is 0.483 e. The molecule has 3 atom stereocenters. The average molecular weight is 453 g/mol. The molecule has 150 valence electrons. The molecule has 2 heterocycles. The predicted octanol–water partition coefficient (Wildman–Crippen LogP) is 4.31. The molecule has 5 rings (SSSR count). The number of hydrogen-bond acceptors (Lipinski definition) is 4. The zero-order valence-electron chi connectivity index (χ0n) is 16.2. The number of H-pyrrole nitrogens is 1. The molecule has 1 unspecified atom stereocenters. The van der Waals surface area contributed by atoms with Gasteiger partial charge in [0, 0.05) is 28.8 Å². The second-order valence-electron chi connectivity index (χ2n) is 8.02. The Hall–Kier alpha value is -2.15. The van der Waals surface area contributed by atoms with Crippen LogP contribution in [0.5, 0.6) is 5.75 Å². The number of nitrogens with two attached hydrogens (primary N) is 1. The van der Waals surface area contributed by atoms with Crippen molar-refractivity contribution < 1.29 is 4.74 Å². The highest BCUT2D eigenvalue weighted by molar-refractivity contribution is 9.10. The first-order valence-corrected chi connectivity index (χ1v) is 11.0. The fourth-order valence-electron chi connectivity index (χ4n) is 4.70. The molecular weight excluding hydrogens is 428 g/mol. The molecule has 0 amide bonds. The van der Waals surface area contributed by atoms with Crippen LogP contribution in [0.4, 0.5) is 0 Å². The molecule has 3 N–H and O–H groups in total. The minimum Gasteiger partial charge on any atom is -0.483 e. The monoisotopic (exact) mass is 452 g/mol. The number of aromatic amines is 1. The van der Waals surface area contributed by atoms with Gasteiger partial charge in [-0.15, -0.1) is 0 Å². The molecule has 2 aliphatic rings. The summed E-state index contributed by atoms with van der Waals surface area (Å²) in [5.41, 5.74) is 10.9. The van der Waals surface area contributed by atoms with Crippen molar-refractivity contribution in [3.8, 4) is 17.0 Å². The van der Waals surface area contributed by atoms with Gasteiger partial charge in [-0.1, -0.05) is 40.2 Å². The minimum atomic E-state index is -0.0145. The summed E-state index contributed by atoms with van der Waals surface area (Å²) in [6.45, 7) is 2.02. The van der Waals surface area contributed by atoms with Gasteiger partial charge < -0.3 is 10.5 Å². The van der Waals surface area contributed by atoms with Crippen molar-refractivity contribution >= 4 is 15.9 Å². The quantitative estimate of drug-likeness (QED) is 0.618. The normalized spacial score (nSPS) is 24.4. The molecule has 3 aromatic rings. The second kappa shape index (κ2) is 7.94. The topological polar surface area (TPSA) is 67.2 Å². The number of aromatic nitrogens is 2. The van der Waals surface area contributed by atoms with Crippen LogP contribution in [0.25, 0.3) is 11.3 Å². The summed E-state index contributed by atoms with van der Waals surface area (Å²) in [7, 11) is 0. The van der Waals surface area contributed by atoms with Crippen LogP contribution < -0.4 is 10.5 Å². The van der Waals surface area contributed by atoms with Crippen LogP contribution in [-0.4, -0.2) is 40.3 Å². The number of nitrogens with one attached hydrogen (secondary N) is 1. The lowest BCUT2D eigenvalue weighted by Gasteiger charge is -2.38. The lowest BCUT2D eigenvalue weighted by molar-refractivity contribution is 0.0596. The van der Waals surface area contributed by atoms with Gasteiger partial charge in [-0.3, -0.25) is 10.00 Å². The summed E-state index contributed by atoms with van der Waals surface area (Å²) < 4.78 is 7.78. The lowest BCUT2D eigenvalue weighted by atomic mass is 10.0. The summed E-state index contributed by atoms with van der Waals surface area (Å²) in [6, 6.07) is 17.3. The van der Waals surface area contributed by atoms with E-state index in [1.807, 2.05) is 18.2 Å².